The molecule has 40 heavy (non-hydrogen) atoms. The van der Waals surface area contributed by atoms with Crippen LogP contribution in [0.3, 0.4) is 0 Å². The second-order valence-electron chi connectivity index (χ2n) is 11.4. The average molecular weight is 526 g/mol. The summed E-state index contributed by atoms with van der Waals surface area (Å²) >= 11 is 0. The maximum absolute atomic E-state index is 10.3. The van der Waals surface area contributed by atoms with Crippen molar-refractivity contribution in [2.24, 2.45) is 4.99 Å². The van der Waals surface area contributed by atoms with Gasteiger partial charge in [-0.1, -0.05) is 80.6 Å². The first-order valence-corrected chi connectivity index (χ1v) is 13.7. The van der Waals surface area contributed by atoms with Crippen LogP contribution in [0.15, 0.2) is 102 Å². The van der Waals surface area contributed by atoms with E-state index >= 15 is 0 Å². The van der Waals surface area contributed by atoms with Crippen LogP contribution >= 0.6 is 0 Å². The Labute approximate surface area is 234 Å². The molecule has 1 aromatic heterocycles. The number of nitrogens with zero attached hydrogens (tertiary/aromatic N) is 3. The van der Waals surface area contributed by atoms with Crippen molar-refractivity contribution < 1.29 is 9.84 Å². The van der Waals surface area contributed by atoms with E-state index in [0.29, 0.717) is 17.1 Å². The van der Waals surface area contributed by atoms with Crippen molar-refractivity contribution in [3.63, 3.8) is 0 Å². The molecule has 1 aliphatic carbocycles. The summed E-state index contributed by atoms with van der Waals surface area (Å²) in [5, 5.41) is 11.1. The lowest BCUT2D eigenvalue weighted by Gasteiger charge is -2.32. The van der Waals surface area contributed by atoms with Crippen molar-refractivity contribution in [1.82, 2.24) is 4.98 Å². The van der Waals surface area contributed by atoms with Gasteiger partial charge >= 0.3 is 0 Å². The molecular weight excluding hydrogens is 494 g/mol. The molecule has 0 spiro atoms. The quantitative estimate of drug-likeness (QED) is 0.258. The number of hydrogen-bond donors (Lipinski definition) is 1. The summed E-state index contributed by atoms with van der Waals surface area (Å²) in [6.07, 6.45) is 0. The zero-order valence-corrected chi connectivity index (χ0v) is 23.1. The smallest absolute Gasteiger partial charge is 0.219 e. The molecule has 5 aromatic rings. The fourth-order valence-corrected chi connectivity index (χ4v) is 6.54. The van der Waals surface area contributed by atoms with Crippen LogP contribution in [0.2, 0.25) is 0 Å². The van der Waals surface area contributed by atoms with Crippen LogP contribution < -0.4 is 9.64 Å². The Morgan fingerprint density at radius 3 is 2.40 bits per heavy atom. The third-order valence-electron chi connectivity index (χ3n) is 8.45. The molecule has 5 nitrogen and oxygen atoms in total. The number of aryl methyl sites for hydroxylation is 2. The molecule has 7 rings (SSSR count). The number of fused-ring (bicyclic) bond motifs is 4. The van der Waals surface area contributed by atoms with Gasteiger partial charge in [0.25, 0.3) is 0 Å². The van der Waals surface area contributed by atoms with E-state index in [9.17, 15) is 5.11 Å². The summed E-state index contributed by atoms with van der Waals surface area (Å²) in [7, 11) is 0. The first-order chi connectivity index (χ1) is 19.3. The minimum absolute atomic E-state index is 0.0774. The lowest BCUT2D eigenvalue weighted by molar-refractivity contribution is 0.421. The molecule has 0 saturated carbocycles. The molecule has 1 aliphatic heterocycles. The third kappa shape index (κ3) is 3.69. The number of ether oxygens (including phenoxy) is 1. The van der Waals surface area contributed by atoms with Gasteiger partial charge in [-0.25, -0.2) is 4.98 Å². The van der Waals surface area contributed by atoms with Crippen molar-refractivity contribution in [3.05, 3.63) is 125 Å². The molecule has 1 N–H and O–H groups in total. The highest BCUT2D eigenvalue weighted by molar-refractivity contribution is 6.13. The highest BCUT2D eigenvalue weighted by Crippen LogP contribution is 2.54. The van der Waals surface area contributed by atoms with Crippen molar-refractivity contribution in [1.29, 1.82) is 0 Å². The van der Waals surface area contributed by atoms with Gasteiger partial charge in [0.05, 0.1) is 12.1 Å². The highest BCUT2D eigenvalue weighted by Gasteiger charge is 2.53. The Bertz CT molecular complexity index is 1800. The number of phenolic OH excluding ortho intramolecular Hbond substituents is 1. The van der Waals surface area contributed by atoms with Crippen LogP contribution in [-0.2, 0) is 5.41 Å². The molecule has 0 saturated heterocycles. The molecule has 0 amide bonds. The van der Waals surface area contributed by atoms with Crippen LogP contribution in [0.4, 0.5) is 5.69 Å². The summed E-state index contributed by atoms with van der Waals surface area (Å²) in [4.78, 5) is 12.5. The number of para-hydroxylation sites is 2. The summed E-state index contributed by atoms with van der Waals surface area (Å²) in [5.41, 5.74) is 7.77. The topological polar surface area (TPSA) is 58.0 Å². The molecular formula is C35H31N3O2. The van der Waals surface area contributed by atoms with Gasteiger partial charge in [0.15, 0.2) is 0 Å². The molecule has 5 heteroatoms. The summed E-state index contributed by atoms with van der Waals surface area (Å²) in [5.74, 6) is 2.18. The molecule has 2 atom stereocenters. The molecule has 0 unspecified atom stereocenters. The van der Waals surface area contributed by atoms with E-state index < -0.39 is 0 Å². The second-order valence-corrected chi connectivity index (χ2v) is 11.4. The van der Waals surface area contributed by atoms with E-state index in [1.54, 1.807) is 6.07 Å². The predicted molar refractivity (Wildman–Crippen MR) is 161 cm³/mol. The van der Waals surface area contributed by atoms with Gasteiger partial charge in [-0.15, -0.1) is 0 Å². The van der Waals surface area contributed by atoms with Crippen LogP contribution in [-0.4, -0.2) is 22.0 Å². The molecule has 0 radical (unpaired) electrons. The van der Waals surface area contributed by atoms with E-state index in [1.165, 1.54) is 27.9 Å². The van der Waals surface area contributed by atoms with Gasteiger partial charge in [-0.05, 0) is 60.4 Å². The highest BCUT2D eigenvalue weighted by atomic mass is 16.5. The number of aromatic hydroxyl groups is 1. The van der Waals surface area contributed by atoms with E-state index in [4.69, 9.17) is 9.73 Å². The monoisotopic (exact) mass is 525 g/mol. The molecule has 4 aromatic carbocycles. The number of benzene rings is 4. The maximum Gasteiger partial charge on any atom is 0.219 e. The number of aliphatic imine (C=N–C) groups is 1. The lowest BCUT2D eigenvalue weighted by atomic mass is 9.83. The van der Waals surface area contributed by atoms with E-state index in [1.807, 2.05) is 42.5 Å². The number of pyridine rings is 1. The lowest BCUT2D eigenvalue weighted by Crippen LogP contribution is -2.35. The van der Waals surface area contributed by atoms with Crippen molar-refractivity contribution in [2.75, 3.05) is 4.90 Å². The minimum Gasteiger partial charge on any atom is -0.506 e. The number of hydrogen-bond acceptors (Lipinski definition) is 5. The first-order valence-electron chi connectivity index (χ1n) is 13.7. The SMILES string of the molecule is Cc1cccc(C)c1N1C(c2cccc(Oc3ccc4cccc(O)c4n3)c2)=N[C@@H]2[C@@H]1c1ccccc1C2(C)C. The van der Waals surface area contributed by atoms with E-state index in [-0.39, 0.29) is 23.2 Å². The van der Waals surface area contributed by atoms with E-state index in [2.05, 4.69) is 86.1 Å². The normalized spacial score (nSPS) is 18.9. The Kier molecular flexibility index (Phi) is 5.46. The number of aromatic nitrogens is 1. The van der Waals surface area contributed by atoms with Crippen molar-refractivity contribution >= 4 is 22.4 Å². The largest absolute Gasteiger partial charge is 0.506 e. The van der Waals surface area contributed by atoms with Crippen LogP contribution in [0, 0.1) is 13.8 Å². The van der Waals surface area contributed by atoms with Gasteiger partial charge in [-0.3, -0.25) is 4.99 Å². The number of anilines is 1. The standard InChI is InChI=1S/C35H31N3O2/c1-21-10-7-11-22(2)31(21)38-32-26-15-5-6-16-27(26)35(3,4)33(32)37-34(38)24-13-8-14-25(20-24)40-29-19-18-23-12-9-17-28(39)30(23)36-29/h5-20,32-33,39H,1-4H3/t32-,33+/m0/s1. The summed E-state index contributed by atoms with van der Waals surface area (Å²) < 4.78 is 6.23. The fraction of sp³-hybridized carbons (Fsp3) is 0.200. The first kappa shape index (κ1) is 24.4. The number of phenols is 1. The van der Waals surface area contributed by atoms with Crippen molar-refractivity contribution in [2.45, 2.75) is 45.2 Å². The molecule has 0 fully saturated rings. The van der Waals surface area contributed by atoms with Crippen LogP contribution in [0.25, 0.3) is 10.9 Å². The predicted octanol–water partition coefficient (Wildman–Crippen LogP) is 8.02. The van der Waals surface area contributed by atoms with Gasteiger partial charge in [0.2, 0.25) is 5.88 Å². The Morgan fingerprint density at radius 2 is 1.57 bits per heavy atom. The maximum atomic E-state index is 10.3. The number of rotatable bonds is 4. The minimum atomic E-state index is -0.108. The van der Waals surface area contributed by atoms with E-state index in [0.717, 1.165) is 16.8 Å². The number of amidine groups is 1. The molecule has 0 bridgehead atoms. The zero-order valence-electron chi connectivity index (χ0n) is 23.1. The second kappa shape index (κ2) is 8.95. The van der Waals surface area contributed by atoms with Crippen molar-refractivity contribution in [3.8, 4) is 17.4 Å². The molecule has 2 aliphatic rings. The Morgan fingerprint density at radius 1 is 0.825 bits per heavy atom. The van der Waals surface area contributed by atoms with Crippen LogP contribution in [0.1, 0.15) is 47.7 Å². The Balaban J connectivity index is 1.33. The zero-order chi connectivity index (χ0) is 27.6. The average Bonchev–Trinajstić information content (AvgIpc) is 3.44. The van der Waals surface area contributed by atoms with Gasteiger partial charge < -0.3 is 14.7 Å². The summed E-state index contributed by atoms with van der Waals surface area (Å²) in [6, 6.07) is 32.6. The molecule has 198 valence electrons. The fourth-order valence-electron chi connectivity index (χ4n) is 6.54. The third-order valence-corrected chi connectivity index (χ3v) is 8.45. The van der Waals surface area contributed by atoms with Gasteiger partial charge in [-0.2, -0.15) is 0 Å². The summed E-state index contributed by atoms with van der Waals surface area (Å²) in [6.45, 7) is 8.98. The van der Waals surface area contributed by atoms with Crippen LogP contribution in [0.5, 0.6) is 17.4 Å². The van der Waals surface area contributed by atoms with Gasteiger partial charge in [0.1, 0.15) is 22.9 Å². The molecule has 2 heterocycles. The Hall–Kier alpha value is -4.64. The van der Waals surface area contributed by atoms with Gasteiger partial charge in [0, 0.05) is 28.1 Å².